The third-order valence-corrected chi connectivity index (χ3v) is 4.69. The van der Waals surface area contributed by atoms with Crippen molar-refractivity contribution >= 4 is 0 Å². The summed E-state index contributed by atoms with van der Waals surface area (Å²) in [6.45, 7) is 0. The van der Waals surface area contributed by atoms with Crippen molar-refractivity contribution in [3.8, 4) is 5.95 Å². The number of aromatic nitrogens is 5. The highest BCUT2D eigenvalue weighted by Gasteiger charge is 2.36. The van der Waals surface area contributed by atoms with Crippen LogP contribution in [0.5, 0.6) is 0 Å². The summed E-state index contributed by atoms with van der Waals surface area (Å²) in [5.74, 6) is 1.48. The summed E-state index contributed by atoms with van der Waals surface area (Å²) in [6.07, 6.45) is 5.59. The van der Waals surface area contributed by atoms with E-state index in [2.05, 4.69) is 15.2 Å². The van der Waals surface area contributed by atoms with Crippen LogP contribution in [-0.4, -0.2) is 24.5 Å². The molecule has 1 aromatic carbocycles. The van der Waals surface area contributed by atoms with Gasteiger partial charge in [0.05, 0.1) is 12.2 Å². The van der Waals surface area contributed by atoms with Crippen molar-refractivity contribution in [3.63, 3.8) is 0 Å². The Labute approximate surface area is 132 Å². The number of nitrogens with zero attached hydrogens (tertiary/aromatic N) is 5. The molecule has 116 valence electrons. The van der Waals surface area contributed by atoms with E-state index in [4.69, 9.17) is 0 Å². The van der Waals surface area contributed by atoms with Gasteiger partial charge in [0.2, 0.25) is 0 Å². The number of fused-ring (bicyclic) bond motifs is 1. The molecule has 0 N–H and O–H groups in total. The van der Waals surface area contributed by atoms with Crippen LogP contribution >= 0.6 is 0 Å². The first kappa shape index (κ1) is 13.0. The van der Waals surface area contributed by atoms with Gasteiger partial charge in [-0.2, -0.15) is 10.1 Å². The minimum atomic E-state index is -1.08. The fourth-order valence-electron chi connectivity index (χ4n) is 3.29. The molecule has 5 rings (SSSR count). The molecule has 1 aliphatic carbocycles. The Bertz CT molecular complexity index is 849. The molecule has 2 aromatic heterocycles. The van der Waals surface area contributed by atoms with Crippen molar-refractivity contribution in [1.29, 1.82) is 0 Å². The van der Waals surface area contributed by atoms with Crippen LogP contribution in [0.4, 0.5) is 4.39 Å². The van der Waals surface area contributed by atoms with Crippen LogP contribution in [0.15, 0.2) is 42.7 Å². The van der Waals surface area contributed by atoms with Crippen molar-refractivity contribution in [3.05, 3.63) is 59.7 Å². The Morgan fingerprint density at radius 3 is 2.70 bits per heavy atom. The van der Waals surface area contributed by atoms with Crippen molar-refractivity contribution in [2.45, 2.75) is 37.4 Å². The number of halogens is 1. The van der Waals surface area contributed by atoms with Crippen LogP contribution in [0.1, 0.15) is 54.3 Å². The first-order valence-electron chi connectivity index (χ1n) is 8.00. The molecule has 1 aliphatic heterocycles. The zero-order chi connectivity index (χ0) is 15.4. The van der Waals surface area contributed by atoms with E-state index in [9.17, 15) is 4.39 Å². The molecular formula is C17H16FN5. The molecule has 5 nitrogen and oxygen atoms in total. The monoisotopic (exact) mass is 309 g/mol. The van der Waals surface area contributed by atoms with Gasteiger partial charge in [0, 0.05) is 12.6 Å². The Kier molecular flexibility index (Phi) is 2.68. The van der Waals surface area contributed by atoms with Crippen LogP contribution in [0.25, 0.3) is 5.95 Å². The molecule has 23 heavy (non-hydrogen) atoms. The fourth-order valence-corrected chi connectivity index (χ4v) is 3.29. The largest absolute Gasteiger partial charge is 0.269 e. The number of alkyl halides is 1. The van der Waals surface area contributed by atoms with E-state index in [1.165, 1.54) is 18.4 Å². The summed E-state index contributed by atoms with van der Waals surface area (Å²) in [7, 11) is 0. The number of rotatable bonds is 3. The van der Waals surface area contributed by atoms with Gasteiger partial charge in [-0.05, 0) is 29.9 Å². The van der Waals surface area contributed by atoms with Crippen molar-refractivity contribution < 1.29 is 4.39 Å². The number of benzene rings is 1. The van der Waals surface area contributed by atoms with Crippen LogP contribution in [0.2, 0.25) is 0 Å². The smallest absolute Gasteiger partial charge is 0.239 e. The first-order chi connectivity index (χ1) is 11.3. The molecule has 3 heterocycles. The zero-order valence-corrected chi connectivity index (χ0v) is 12.5. The summed E-state index contributed by atoms with van der Waals surface area (Å²) >= 11 is 0. The second kappa shape index (κ2) is 4.75. The van der Waals surface area contributed by atoms with Crippen molar-refractivity contribution in [1.82, 2.24) is 24.5 Å². The molecule has 3 aromatic rings. The topological polar surface area (TPSA) is 48.5 Å². The van der Waals surface area contributed by atoms with Gasteiger partial charge >= 0.3 is 0 Å². The Morgan fingerprint density at radius 2 is 1.91 bits per heavy atom. The molecule has 6 heteroatoms. The molecule has 1 fully saturated rings. The predicted molar refractivity (Wildman–Crippen MR) is 82.2 cm³/mol. The van der Waals surface area contributed by atoms with Crippen molar-refractivity contribution in [2.75, 3.05) is 0 Å². The summed E-state index contributed by atoms with van der Waals surface area (Å²) in [6, 6.07) is 9.81. The maximum Gasteiger partial charge on any atom is 0.269 e. The summed E-state index contributed by atoms with van der Waals surface area (Å²) < 4.78 is 17.7. The lowest BCUT2D eigenvalue weighted by molar-refractivity contribution is 0.328. The molecule has 0 radical (unpaired) electrons. The molecule has 0 bridgehead atoms. The standard InChI is InChI=1S/C17H16FN5/c18-14-8-15(12-4-2-1-3-5-12)23-16(14)20-17(21-23)22-10-13(9-19-22)11-6-7-11/h1-5,9-11,14-15H,6-8H2/t14-,15-/m0/s1. The first-order valence-corrected chi connectivity index (χ1v) is 8.00. The van der Waals surface area contributed by atoms with Crippen LogP contribution in [0, 0.1) is 0 Å². The molecule has 0 amide bonds. The minimum Gasteiger partial charge on any atom is -0.239 e. The Balaban J connectivity index is 1.53. The molecule has 2 atom stereocenters. The third-order valence-electron chi connectivity index (χ3n) is 4.69. The third kappa shape index (κ3) is 2.09. The van der Waals surface area contributed by atoms with Gasteiger partial charge < -0.3 is 0 Å². The van der Waals surface area contributed by atoms with E-state index in [-0.39, 0.29) is 6.04 Å². The van der Waals surface area contributed by atoms with Crippen LogP contribution in [0.3, 0.4) is 0 Å². The normalized spacial score (nSPS) is 23.2. The lowest BCUT2D eigenvalue weighted by Crippen LogP contribution is -2.08. The molecule has 0 unspecified atom stereocenters. The maximum absolute atomic E-state index is 14.4. The van der Waals surface area contributed by atoms with Crippen LogP contribution in [-0.2, 0) is 0 Å². The number of hydrogen-bond acceptors (Lipinski definition) is 3. The lowest BCUT2D eigenvalue weighted by Gasteiger charge is -2.11. The van der Waals surface area contributed by atoms with E-state index in [0.29, 0.717) is 24.1 Å². The van der Waals surface area contributed by atoms with Gasteiger partial charge in [-0.3, -0.25) is 0 Å². The van der Waals surface area contributed by atoms with Gasteiger partial charge in [0.15, 0.2) is 12.0 Å². The average Bonchev–Trinajstić information content (AvgIpc) is 3.04. The highest BCUT2D eigenvalue weighted by molar-refractivity contribution is 5.26. The average molecular weight is 309 g/mol. The van der Waals surface area contributed by atoms with E-state index >= 15 is 0 Å². The Hall–Kier alpha value is -2.50. The highest BCUT2D eigenvalue weighted by atomic mass is 19.1. The highest BCUT2D eigenvalue weighted by Crippen LogP contribution is 2.41. The second-order valence-corrected chi connectivity index (χ2v) is 6.34. The van der Waals surface area contributed by atoms with E-state index in [1.807, 2.05) is 42.7 Å². The van der Waals surface area contributed by atoms with Gasteiger partial charge in [-0.15, -0.1) is 5.10 Å². The van der Waals surface area contributed by atoms with Gasteiger partial charge in [0.1, 0.15) is 0 Å². The predicted octanol–water partition coefficient (Wildman–Crippen LogP) is 3.34. The molecule has 1 saturated carbocycles. The van der Waals surface area contributed by atoms with E-state index in [1.54, 1.807) is 9.36 Å². The molecule has 0 spiro atoms. The van der Waals surface area contributed by atoms with Gasteiger partial charge in [-0.25, -0.2) is 13.8 Å². The maximum atomic E-state index is 14.4. The Morgan fingerprint density at radius 1 is 1.09 bits per heavy atom. The minimum absolute atomic E-state index is 0.0964. The lowest BCUT2D eigenvalue weighted by atomic mass is 10.0. The summed E-state index contributed by atoms with van der Waals surface area (Å²) in [4.78, 5) is 4.39. The van der Waals surface area contributed by atoms with E-state index < -0.39 is 6.17 Å². The summed E-state index contributed by atoms with van der Waals surface area (Å²) in [5.41, 5.74) is 2.28. The molecular weight excluding hydrogens is 293 g/mol. The zero-order valence-electron chi connectivity index (χ0n) is 12.5. The number of hydrogen-bond donors (Lipinski definition) is 0. The summed E-state index contributed by atoms with van der Waals surface area (Å²) in [5, 5.41) is 8.87. The van der Waals surface area contributed by atoms with Crippen molar-refractivity contribution in [2.24, 2.45) is 0 Å². The second-order valence-electron chi connectivity index (χ2n) is 6.34. The van der Waals surface area contributed by atoms with E-state index in [0.717, 1.165) is 5.56 Å². The van der Waals surface area contributed by atoms with Gasteiger partial charge in [-0.1, -0.05) is 30.3 Å². The fraction of sp³-hybridized carbons (Fsp3) is 0.353. The van der Waals surface area contributed by atoms with Gasteiger partial charge in [0.25, 0.3) is 5.95 Å². The molecule has 2 aliphatic rings. The SMILES string of the molecule is F[C@H]1C[C@@H](c2ccccc2)n2nc(-n3cc(C4CC4)cn3)nc21. The van der Waals surface area contributed by atoms with Crippen LogP contribution < -0.4 is 0 Å². The molecule has 0 saturated heterocycles. The quantitative estimate of drug-likeness (QED) is 0.745.